The summed E-state index contributed by atoms with van der Waals surface area (Å²) in [5.41, 5.74) is 0.687. The van der Waals surface area contributed by atoms with Gasteiger partial charge in [0.25, 0.3) is 0 Å². The van der Waals surface area contributed by atoms with Crippen LogP contribution in [-0.4, -0.2) is 25.2 Å². The molecule has 1 aliphatic rings. The molecule has 4 heteroatoms. The third kappa shape index (κ3) is 3.27. The molecule has 1 rings (SSSR count). The fourth-order valence-corrected chi connectivity index (χ4v) is 1.07. The molecule has 0 aromatic rings. The second-order valence-corrected chi connectivity index (χ2v) is 2.74. The summed E-state index contributed by atoms with van der Waals surface area (Å²) in [6, 6.07) is 0. The van der Waals surface area contributed by atoms with E-state index < -0.39 is 0 Å². The normalized spacial score (nSPS) is 18.8. The second kappa shape index (κ2) is 4.64. The van der Waals surface area contributed by atoms with Crippen LogP contribution in [-0.2, 0) is 19.1 Å². The third-order valence-corrected chi connectivity index (χ3v) is 1.68. The number of hydrogen-bond acceptors (Lipinski definition) is 4. The van der Waals surface area contributed by atoms with Gasteiger partial charge in [-0.3, -0.25) is 4.79 Å². The molecule has 0 N–H and O–H groups in total. The highest BCUT2D eigenvalue weighted by Gasteiger charge is 2.17. The van der Waals surface area contributed by atoms with Crippen molar-refractivity contribution in [2.75, 3.05) is 13.2 Å². The van der Waals surface area contributed by atoms with Crippen molar-refractivity contribution in [3.63, 3.8) is 0 Å². The molecular formula is C9H12O4. The number of hydrogen-bond donors (Lipinski definition) is 0. The Morgan fingerprint density at radius 2 is 2.46 bits per heavy atom. The lowest BCUT2D eigenvalue weighted by atomic mass is 10.2. The van der Waals surface area contributed by atoms with Gasteiger partial charge in [0, 0.05) is 25.3 Å². The van der Waals surface area contributed by atoms with Crippen molar-refractivity contribution in [2.24, 2.45) is 0 Å². The predicted octanol–water partition coefficient (Wildman–Crippen LogP) is 0.813. The maximum Gasteiger partial charge on any atom is 0.333 e. The van der Waals surface area contributed by atoms with Crippen molar-refractivity contribution in [2.45, 2.75) is 19.8 Å². The molecule has 1 saturated heterocycles. The first-order chi connectivity index (χ1) is 6.20. The molecule has 0 unspecified atom stereocenters. The van der Waals surface area contributed by atoms with Crippen LogP contribution in [0.15, 0.2) is 11.6 Å². The van der Waals surface area contributed by atoms with Crippen LogP contribution in [0.5, 0.6) is 0 Å². The number of carbonyl (C=O) groups is 2. The van der Waals surface area contributed by atoms with Crippen LogP contribution >= 0.6 is 0 Å². The van der Waals surface area contributed by atoms with Gasteiger partial charge in [0.15, 0.2) is 0 Å². The van der Waals surface area contributed by atoms with Gasteiger partial charge >= 0.3 is 11.9 Å². The summed E-state index contributed by atoms with van der Waals surface area (Å²) < 4.78 is 9.43. The summed E-state index contributed by atoms with van der Waals surface area (Å²) in [6.45, 7) is 2.15. The van der Waals surface area contributed by atoms with Crippen LogP contribution in [0, 0.1) is 0 Å². The number of cyclic esters (lactones) is 1. The van der Waals surface area contributed by atoms with Gasteiger partial charge in [-0.05, 0) is 0 Å². The maximum atomic E-state index is 10.9. The monoisotopic (exact) mass is 184 g/mol. The Hall–Kier alpha value is -1.32. The highest BCUT2D eigenvalue weighted by Crippen LogP contribution is 2.13. The van der Waals surface area contributed by atoms with E-state index in [-0.39, 0.29) is 11.9 Å². The molecular weight excluding hydrogens is 172 g/mol. The van der Waals surface area contributed by atoms with Gasteiger partial charge < -0.3 is 9.47 Å². The summed E-state index contributed by atoms with van der Waals surface area (Å²) in [5.74, 6) is -0.546. The molecule has 0 spiro atoms. The van der Waals surface area contributed by atoms with Gasteiger partial charge in [-0.25, -0.2) is 4.79 Å². The van der Waals surface area contributed by atoms with Crippen LogP contribution in [0.1, 0.15) is 19.8 Å². The number of esters is 2. The minimum Gasteiger partial charge on any atom is -0.466 e. The van der Waals surface area contributed by atoms with E-state index in [2.05, 4.69) is 0 Å². The van der Waals surface area contributed by atoms with Crippen LogP contribution < -0.4 is 0 Å². The Kier molecular flexibility index (Phi) is 3.49. The van der Waals surface area contributed by atoms with E-state index in [9.17, 15) is 9.59 Å². The average Bonchev–Trinajstić information content (AvgIpc) is 2.45. The van der Waals surface area contributed by atoms with Gasteiger partial charge in [-0.2, -0.15) is 0 Å². The Labute approximate surface area is 76.5 Å². The van der Waals surface area contributed by atoms with E-state index in [0.717, 1.165) is 0 Å². The van der Waals surface area contributed by atoms with Gasteiger partial charge in [-0.1, -0.05) is 6.08 Å². The lowest BCUT2D eigenvalue weighted by Crippen LogP contribution is -2.00. The minimum atomic E-state index is -0.299. The Morgan fingerprint density at radius 3 is 3.00 bits per heavy atom. The molecule has 0 atom stereocenters. The molecule has 1 fully saturated rings. The van der Waals surface area contributed by atoms with Gasteiger partial charge in [-0.15, -0.1) is 0 Å². The molecule has 0 radical (unpaired) electrons. The fourth-order valence-electron chi connectivity index (χ4n) is 1.07. The van der Waals surface area contributed by atoms with Crippen molar-refractivity contribution < 1.29 is 19.1 Å². The fraction of sp³-hybridized carbons (Fsp3) is 0.556. The van der Waals surface area contributed by atoms with Crippen molar-refractivity contribution in [3.05, 3.63) is 11.6 Å². The van der Waals surface area contributed by atoms with Gasteiger partial charge in [0.05, 0.1) is 13.2 Å². The van der Waals surface area contributed by atoms with Crippen LogP contribution in [0.4, 0.5) is 0 Å². The predicted molar refractivity (Wildman–Crippen MR) is 44.9 cm³/mol. The van der Waals surface area contributed by atoms with E-state index in [1.165, 1.54) is 6.92 Å². The number of rotatable bonds is 3. The third-order valence-electron chi connectivity index (χ3n) is 1.68. The molecule has 0 saturated carbocycles. The standard InChI is InChI=1S/C9H12O4/c1-7(10)12-5-2-3-8-4-6-13-9(8)11/h3H,2,4-6H2,1H3/b8-3-. The van der Waals surface area contributed by atoms with Crippen molar-refractivity contribution in [1.82, 2.24) is 0 Å². The lowest BCUT2D eigenvalue weighted by Gasteiger charge is -1.97. The van der Waals surface area contributed by atoms with E-state index in [1.54, 1.807) is 6.08 Å². The molecule has 13 heavy (non-hydrogen) atoms. The molecule has 1 aliphatic heterocycles. The molecule has 0 amide bonds. The topological polar surface area (TPSA) is 52.6 Å². The van der Waals surface area contributed by atoms with Crippen LogP contribution in [0.3, 0.4) is 0 Å². The van der Waals surface area contributed by atoms with E-state index >= 15 is 0 Å². The van der Waals surface area contributed by atoms with Gasteiger partial charge in [0.1, 0.15) is 0 Å². The number of carbonyl (C=O) groups excluding carboxylic acids is 2. The summed E-state index contributed by atoms with van der Waals surface area (Å²) >= 11 is 0. The highest BCUT2D eigenvalue weighted by atomic mass is 16.5. The number of ether oxygens (including phenoxy) is 2. The largest absolute Gasteiger partial charge is 0.466 e. The first-order valence-corrected chi connectivity index (χ1v) is 4.19. The van der Waals surface area contributed by atoms with E-state index in [1.807, 2.05) is 0 Å². The summed E-state index contributed by atoms with van der Waals surface area (Å²) in [4.78, 5) is 21.3. The molecule has 0 aromatic carbocycles. The first-order valence-electron chi connectivity index (χ1n) is 4.19. The summed E-state index contributed by atoms with van der Waals surface area (Å²) in [6.07, 6.45) is 3.00. The first kappa shape index (κ1) is 9.77. The quantitative estimate of drug-likeness (QED) is 0.370. The smallest absolute Gasteiger partial charge is 0.333 e. The minimum absolute atomic E-state index is 0.247. The van der Waals surface area contributed by atoms with Crippen LogP contribution in [0.25, 0.3) is 0 Å². The summed E-state index contributed by atoms with van der Waals surface area (Å²) in [7, 11) is 0. The highest BCUT2D eigenvalue weighted by molar-refractivity contribution is 5.90. The second-order valence-electron chi connectivity index (χ2n) is 2.74. The Bertz CT molecular complexity index is 242. The zero-order valence-corrected chi connectivity index (χ0v) is 7.54. The van der Waals surface area contributed by atoms with E-state index in [4.69, 9.17) is 9.47 Å². The zero-order valence-electron chi connectivity index (χ0n) is 7.54. The summed E-state index contributed by atoms with van der Waals surface area (Å²) in [5, 5.41) is 0. The van der Waals surface area contributed by atoms with Crippen molar-refractivity contribution in [1.29, 1.82) is 0 Å². The van der Waals surface area contributed by atoms with E-state index in [0.29, 0.717) is 31.6 Å². The Morgan fingerprint density at radius 1 is 1.69 bits per heavy atom. The zero-order chi connectivity index (χ0) is 9.68. The molecule has 72 valence electrons. The Balaban J connectivity index is 2.23. The molecule has 0 aliphatic carbocycles. The van der Waals surface area contributed by atoms with Crippen molar-refractivity contribution >= 4 is 11.9 Å². The maximum absolute atomic E-state index is 10.9. The SMILES string of the molecule is CC(=O)OCC/C=C1/CCOC1=O. The van der Waals surface area contributed by atoms with Gasteiger partial charge in [0.2, 0.25) is 0 Å². The van der Waals surface area contributed by atoms with Crippen LogP contribution in [0.2, 0.25) is 0 Å². The molecule has 4 nitrogen and oxygen atoms in total. The molecule has 1 heterocycles. The lowest BCUT2D eigenvalue weighted by molar-refractivity contribution is -0.140. The van der Waals surface area contributed by atoms with Crippen molar-refractivity contribution in [3.8, 4) is 0 Å². The molecule has 0 aromatic heterocycles. The average molecular weight is 184 g/mol. The molecule has 0 bridgehead atoms.